The Kier molecular flexibility index (Phi) is 3.52. The number of nitrogens with zero attached hydrogens (tertiary/aromatic N) is 1. The fourth-order valence-electron chi connectivity index (χ4n) is 3.33. The van der Waals surface area contributed by atoms with Crippen molar-refractivity contribution in [3.05, 3.63) is 34.6 Å². The maximum absolute atomic E-state index is 13.9. The van der Waals surface area contributed by atoms with Crippen LogP contribution in [0.2, 0.25) is 5.02 Å². The lowest BCUT2D eigenvalue weighted by Crippen LogP contribution is -2.42. The van der Waals surface area contributed by atoms with Crippen LogP contribution in [0, 0.1) is 5.82 Å². The van der Waals surface area contributed by atoms with Crippen LogP contribution in [0.25, 0.3) is 0 Å². The van der Waals surface area contributed by atoms with Crippen molar-refractivity contribution in [2.45, 2.75) is 49.7 Å². The molecule has 0 amide bonds. The molecule has 2 atom stereocenters. The summed E-state index contributed by atoms with van der Waals surface area (Å²) in [7, 11) is 0. The molecule has 1 aromatic carbocycles. The highest BCUT2D eigenvalue weighted by molar-refractivity contribution is 6.30. The Bertz CT molecular complexity index is 437. The minimum absolute atomic E-state index is 0.215. The summed E-state index contributed by atoms with van der Waals surface area (Å²) in [5.41, 5.74) is 0.701. The zero-order valence-electron chi connectivity index (χ0n) is 10.1. The summed E-state index contributed by atoms with van der Waals surface area (Å²) in [6.45, 7) is 0.658. The van der Waals surface area contributed by atoms with Gasteiger partial charge in [-0.3, -0.25) is 4.90 Å². The Balaban J connectivity index is 1.79. The zero-order valence-corrected chi connectivity index (χ0v) is 11.6. The molecule has 2 fully saturated rings. The molecule has 0 aromatic heterocycles. The van der Waals surface area contributed by atoms with Gasteiger partial charge in [-0.05, 0) is 31.7 Å². The largest absolute Gasteiger partial charge is 0.293 e. The fourth-order valence-corrected chi connectivity index (χ4v) is 3.94. The Morgan fingerprint density at radius 2 is 1.89 bits per heavy atom. The Morgan fingerprint density at radius 1 is 1.22 bits per heavy atom. The van der Waals surface area contributed by atoms with Crippen molar-refractivity contribution >= 4 is 23.2 Å². The Hall–Kier alpha value is -0.310. The van der Waals surface area contributed by atoms with Crippen LogP contribution in [0.15, 0.2) is 18.2 Å². The number of halogens is 3. The van der Waals surface area contributed by atoms with E-state index in [1.807, 2.05) is 12.1 Å². The second-order valence-corrected chi connectivity index (χ2v) is 6.36. The zero-order chi connectivity index (χ0) is 12.7. The summed E-state index contributed by atoms with van der Waals surface area (Å²) >= 11 is 12.1. The minimum atomic E-state index is -0.272. The maximum atomic E-state index is 13.9. The molecule has 2 bridgehead atoms. The van der Waals surface area contributed by atoms with E-state index in [9.17, 15) is 4.39 Å². The van der Waals surface area contributed by atoms with Crippen molar-refractivity contribution in [1.82, 2.24) is 4.90 Å². The molecule has 2 aliphatic heterocycles. The average molecular weight is 288 g/mol. The number of rotatable bonds is 2. The standard InChI is InChI=1S/C14H16Cl2FN/c15-10-6-11-4-5-12(7-10)18(11)8-9-2-1-3-13(16)14(9)17/h1-3,10-12H,4-8H2. The highest BCUT2D eigenvalue weighted by Crippen LogP contribution is 2.39. The third-order valence-corrected chi connectivity index (χ3v) is 4.86. The van der Waals surface area contributed by atoms with E-state index >= 15 is 0 Å². The van der Waals surface area contributed by atoms with Gasteiger partial charge in [-0.25, -0.2) is 4.39 Å². The van der Waals surface area contributed by atoms with E-state index in [0.717, 1.165) is 12.8 Å². The van der Waals surface area contributed by atoms with Gasteiger partial charge in [0.1, 0.15) is 5.82 Å². The first kappa shape index (κ1) is 12.7. The number of benzene rings is 1. The lowest BCUT2D eigenvalue weighted by molar-refractivity contribution is 0.133. The third kappa shape index (κ3) is 2.26. The van der Waals surface area contributed by atoms with Gasteiger partial charge in [0.2, 0.25) is 0 Å². The van der Waals surface area contributed by atoms with E-state index < -0.39 is 0 Å². The molecule has 0 aliphatic carbocycles. The average Bonchev–Trinajstić information content (AvgIpc) is 2.58. The van der Waals surface area contributed by atoms with Crippen molar-refractivity contribution in [1.29, 1.82) is 0 Å². The van der Waals surface area contributed by atoms with Crippen LogP contribution in [-0.2, 0) is 6.54 Å². The van der Waals surface area contributed by atoms with Crippen LogP contribution in [0.1, 0.15) is 31.2 Å². The molecule has 0 radical (unpaired) electrons. The molecular weight excluding hydrogens is 272 g/mol. The van der Waals surface area contributed by atoms with Crippen LogP contribution in [-0.4, -0.2) is 22.4 Å². The summed E-state index contributed by atoms with van der Waals surface area (Å²) in [5.74, 6) is -0.272. The van der Waals surface area contributed by atoms with Crippen molar-refractivity contribution in [2.75, 3.05) is 0 Å². The molecule has 2 saturated heterocycles. The third-order valence-electron chi connectivity index (χ3n) is 4.21. The molecule has 4 heteroatoms. The van der Waals surface area contributed by atoms with Gasteiger partial charge in [-0.1, -0.05) is 23.7 Å². The fraction of sp³-hybridized carbons (Fsp3) is 0.571. The van der Waals surface area contributed by atoms with Gasteiger partial charge in [0.05, 0.1) is 5.02 Å². The molecule has 18 heavy (non-hydrogen) atoms. The first-order valence-electron chi connectivity index (χ1n) is 6.48. The van der Waals surface area contributed by atoms with E-state index in [2.05, 4.69) is 4.90 Å². The summed E-state index contributed by atoms with van der Waals surface area (Å²) in [6, 6.07) is 6.28. The van der Waals surface area contributed by atoms with E-state index in [1.54, 1.807) is 6.07 Å². The molecule has 2 unspecified atom stereocenters. The molecule has 1 aromatic rings. The molecule has 0 spiro atoms. The summed E-state index contributed by atoms with van der Waals surface area (Å²) < 4.78 is 13.9. The highest BCUT2D eigenvalue weighted by atomic mass is 35.5. The van der Waals surface area contributed by atoms with Gasteiger partial charge >= 0.3 is 0 Å². The minimum Gasteiger partial charge on any atom is -0.293 e. The summed E-state index contributed by atoms with van der Waals surface area (Å²) in [4.78, 5) is 2.41. The van der Waals surface area contributed by atoms with E-state index in [-0.39, 0.29) is 10.8 Å². The van der Waals surface area contributed by atoms with Crippen molar-refractivity contribution in [2.24, 2.45) is 0 Å². The van der Waals surface area contributed by atoms with Gasteiger partial charge in [-0.15, -0.1) is 11.6 Å². The topological polar surface area (TPSA) is 3.24 Å². The van der Waals surface area contributed by atoms with Crippen molar-refractivity contribution < 1.29 is 4.39 Å². The predicted molar refractivity (Wildman–Crippen MR) is 72.6 cm³/mol. The lowest BCUT2D eigenvalue weighted by atomic mass is 10.0. The van der Waals surface area contributed by atoms with Crippen LogP contribution in [0.4, 0.5) is 4.39 Å². The molecule has 0 saturated carbocycles. The van der Waals surface area contributed by atoms with Crippen LogP contribution < -0.4 is 0 Å². The molecule has 1 nitrogen and oxygen atoms in total. The van der Waals surface area contributed by atoms with Crippen LogP contribution in [0.3, 0.4) is 0 Å². The van der Waals surface area contributed by atoms with E-state index in [1.165, 1.54) is 12.8 Å². The molecular formula is C14H16Cl2FN. The highest BCUT2D eigenvalue weighted by Gasteiger charge is 2.40. The van der Waals surface area contributed by atoms with Crippen LogP contribution in [0.5, 0.6) is 0 Å². The first-order chi connectivity index (χ1) is 8.65. The van der Waals surface area contributed by atoms with Gasteiger partial charge in [0.25, 0.3) is 0 Å². The Labute approximate surface area is 117 Å². The number of fused-ring (bicyclic) bond motifs is 2. The smallest absolute Gasteiger partial charge is 0.146 e. The number of hydrogen-bond acceptors (Lipinski definition) is 1. The molecule has 2 heterocycles. The van der Waals surface area contributed by atoms with Gasteiger partial charge in [0.15, 0.2) is 0 Å². The summed E-state index contributed by atoms with van der Waals surface area (Å²) in [6.07, 6.45) is 4.44. The second kappa shape index (κ2) is 4.99. The Morgan fingerprint density at radius 3 is 2.56 bits per heavy atom. The quantitative estimate of drug-likeness (QED) is 0.737. The van der Waals surface area contributed by atoms with Gasteiger partial charge in [0, 0.05) is 29.6 Å². The van der Waals surface area contributed by atoms with Crippen molar-refractivity contribution in [3.63, 3.8) is 0 Å². The number of piperidine rings is 1. The first-order valence-corrected chi connectivity index (χ1v) is 7.29. The lowest BCUT2D eigenvalue weighted by Gasteiger charge is -2.37. The summed E-state index contributed by atoms with van der Waals surface area (Å²) in [5, 5.41) is 0.509. The number of alkyl halides is 1. The second-order valence-electron chi connectivity index (χ2n) is 5.34. The molecule has 3 rings (SSSR count). The van der Waals surface area contributed by atoms with E-state index in [0.29, 0.717) is 29.6 Å². The molecule has 98 valence electrons. The molecule has 0 N–H and O–H groups in total. The molecule has 2 aliphatic rings. The van der Waals surface area contributed by atoms with Crippen molar-refractivity contribution in [3.8, 4) is 0 Å². The van der Waals surface area contributed by atoms with Gasteiger partial charge in [-0.2, -0.15) is 0 Å². The normalized spacial score (nSPS) is 31.8. The number of hydrogen-bond donors (Lipinski definition) is 0. The monoisotopic (exact) mass is 287 g/mol. The van der Waals surface area contributed by atoms with E-state index in [4.69, 9.17) is 23.2 Å². The van der Waals surface area contributed by atoms with Gasteiger partial charge < -0.3 is 0 Å². The predicted octanol–water partition coefficient (Wildman–Crippen LogP) is 4.21. The maximum Gasteiger partial charge on any atom is 0.146 e. The van der Waals surface area contributed by atoms with Crippen LogP contribution >= 0.6 is 23.2 Å². The SMILES string of the molecule is Fc1c(Cl)cccc1CN1C2CCC1CC(Cl)C2.